The normalized spacial score (nSPS) is 13.5. The third-order valence-electron chi connectivity index (χ3n) is 4.05. The summed E-state index contributed by atoms with van der Waals surface area (Å²) in [4.78, 5) is 2.31. The van der Waals surface area contributed by atoms with Crippen LogP contribution in [-0.4, -0.2) is 5.11 Å². The monoisotopic (exact) mass is 302 g/mol. The molecule has 1 aromatic heterocycles. The van der Waals surface area contributed by atoms with Crippen LogP contribution in [0, 0.1) is 20.8 Å². The van der Waals surface area contributed by atoms with Crippen LogP contribution in [0.25, 0.3) is 0 Å². The molecular weight excluding hydrogens is 276 g/mol. The minimum Gasteiger partial charge on any atom is -0.387 e. The molecule has 0 saturated carbocycles. The fourth-order valence-corrected chi connectivity index (χ4v) is 3.54. The van der Waals surface area contributed by atoms with Crippen molar-refractivity contribution in [2.24, 2.45) is 0 Å². The van der Waals surface area contributed by atoms with Crippen molar-refractivity contribution >= 4 is 11.3 Å². The Morgan fingerprint density at radius 1 is 1.05 bits per heavy atom. The zero-order valence-electron chi connectivity index (χ0n) is 13.9. The predicted octanol–water partition coefficient (Wildman–Crippen LogP) is 5.25. The highest BCUT2D eigenvalue weighted by molar-refractivity contribution is 7.12. The van der Waals surface area contributed by atoms with E-state index in [2.05, 4.69) is 59.7 Å². The molecule has 1 N–H and O–H groups in total. The highest BCUT2D eigenvalue weighted by Crippen LogP contribution is 2.31. The van der Waals surface area contributed by atoms with Crippen molar-refractivity contribution in [1.82, 2.24) is 0 Å². The van der Waals surface area contributed by atoms with Gasteiger partial charge >= 0.3 is 0 Å². The molecule has 1 heterocycles. The van der Waals surface area contributed by atoms with Crippen molar-refractivity contribution in [2.45, 2.75) is 59.5 Å². The molecule has 1 atom stereocenters. The van der Waals surface area contributed by atoms with E-state index in [9.17, 15) is 5.11 Å². The first kappa shape index (κ1) is 16.3. The largest absolute Gasteiger partial charge is 0.387 e. The molecule has 0 radical (unpaired) electrons. The molecule has 1 aromatic carbocycles. The average molecular weight is 302 g/mol. The molecular formula is C19H26OS. The molecule has 0 aliphatic heterocycles. The Labute approximate surface area is 132 Å². The Morgan fingerprint density at radius 2 is 1.62 bits per heavy atom. The van der Waals surface area contributed by atoms with Gasteiger partial charge in [0.25, 0.3) is 0 Å². The highest BCUT2D eigenvalue weighted by Gasteiger charge is 2.18. The predicted molar refractivity (Wildman–Crippen MR) is 92.3 cm³/mol. The van der Waals surface area contributed by atoms with Gasteiger partial charge in [-0.25, -0.2) is 0 Å². The molecule has 2 heteroatoms. The van der Waals surface area contributed by atoms with Gasteiger partial charge in [-0.1, -0.05) is 32.9 Å². The topological polar surface area (TPSA) is 20.2 Å². The number of hydrogen-bond acceptors (Lipinski definition) is 2. The first-order valence-corrected chi connectivity index (χ1v) is 8.35. The van der Waals surface area contributed by atoms with E-state index in [1.54, 1.807) is 11.3 Å². The molecule has 1 unspecified atom stereocenters. The molecule has 114 valence electrons. The van der Waals surface area contributed by atoms with Crippen LogP contribution in [0.2, 0.25) is 0 Å². The Balaban J connectivity index is 2.28. The van der Waals surface area contributed by atoms with Gasteiger partial charge in [-0.05, 0) is 60.6 Å². The molecule has 0 amide bonds. The maximum atomic E-state index is 10.5. The van der Waals surface area contributed by atoms with Crippen LogP contribution in [-0.2, 0) is 11.8 Å². The SMILES string of the molecule is Cc1ccc(C(O)Cc2c(C)cc(C(C)(C)C)cc2C)s1. The summed E-state index contributed by atoms with van der Waals surface area (Å²) in [6.45, 7) is 13.1. The first-order chi connectivity index (χ1) is 9.68. The van der Waals surface area contributed by atoms with Gasteiger partial charge in [0.1, 0.15) is 0 Å². The van der Waals surface area contributed by atoms with Gasteiger partial charge in [-0.3, -0.25) is 0 Å². The van der Waals surface area contributed by atoms with E-state index in [1.807, 2.05) is 6.07 Å². The first-order valence-electron chi connectivity index (χ1n) is 7.53. The van der Waals surface area contributed by atoms with Gasteiger partial charge in [0.2, 0.25) is 0 Å². The van der Waals surface area contributed by atoms with Crippen LogP contribution in [0.4, 0.5) is 0 Å². The molecule has 1 nitrogen and oxygen atoms in total. The third-order valence-corrected chi connectivity index (χ3v) is 5.15. The van der Waals surface area contributed by atoms with Gasteiger partial charge in [-0.15, -0.1) is 11.3 Å². The average Bonchev–Trinajstić information content (AvgIpc) is 2.79. The lowest BCUT2D eigenvalue weighted by Crippen LogP contribution is -2.13. The molecule has 0 saturated heterocycles. The van der Waals surface area contributed by atoms with Crippen LogP contribution in [0.15, 0.2) is 24.3 Å². The van der Waals surface area contributed by atoms with Crippen molar-refractivity contribution in [2.75, 3.05) is 0 Å². The summed E-state index contributed by atoms with van der Waals surface area (Å²) >= 11 is 1.68. The van der Waals surface area contributed by atoms with Crippen molar-refractivity contribution in [3.8, 4) is 0 Å². The summed E-state index contributed by atoms with van der Waals surface area (Å²) in [5.41, 5.74) is 5.38. The fourth-order valence-electron chi connectivity index (χ4n) is 2.67. The number of aliphatic hydroxyl groups is 1. The van der Waals surface area contributed by atoms with Gasteiger partial charge in [0, 0.05) is 16.2 Å². The Hall–Kier alpha value is -1.12. The van der Waals surface area contributed by atoms with Crippen molar-refractivity contribution in [1.29, 1.82) is 0 Å². The molecule has 2 rings (SSSR count). The third kappa shape index (κ3) is 3.75. The number of hydrogen-bond donors (Lipinski definition) is 1. The van der Waals surface area contributed by atoms with Crippen LogP contribution < -0.4 is 0 Å². The van der Waals surface area contributed by atoms with E-state index in [-0.39, 0.29) is 5.41 Å². The minimum atomic E-state index is -0.401. The maximum absolute atomic E-state index is 10.5. The molecule has 0 bridgehead atoms. The Morgan fingerprint density at radius 3 is 2.05 bits per heavy atom. The van der Waals surface area contributed by atoms with Gasteiger partial charge in [-0.2, -0.15) is 0 Å². The quantitative estimate of drug-likeness (QED) is 0.821. The molecule has 0 aliphatic rings. The molecule has 21 heavy (non-hydrogen) atoms. The molecule has 0 aliphatic carbocycles. The summed E-state index contributed by atoms with van der Waals surface area (Å²) in [5, 5.41) is 10.5. The summed E-state index contributed by atoms with van der Waals surface area (Å²) in [5.74, 6) is 0. The second-order valence-corrected chi connectivity index (χ2v) is 8.33. The van der Waals surface area contributed by atoms with Crippen molar-refractivity contribution < 1.29 is 5.11 Å². The Kier molecular flexibility index (Phi) is 4.60. The van der Waals surface area contributed by atoms with E-state index in [4.69, 9.17) is 0 Å². The molecule has 0 spiro atoms. The van der Waals surface area contributed by atoms with Crippen LogP contribution >= 0.6 is 11.3 Å². The summed E-state index contributed by atoms with van der Waals surface area (Å²) in [6.07, 6.45) is 0.295. The number of aliphatic hydroxyl groups excluding tert-OH is 1. The smallest absolute Gasteiger partial charge is 0.0922 e. The van der Waals surface area contributed by atoms with E-state index in [0.29, 0.717) is 6.42 Å². The van der Waals surface area contributed by atoms with E-state index in [1.165, 1.54) is 27.1 Å². The van der Waals surface area contributed by atoms with Gasteiger partial charge in [0.15, 0.2) is 0 Å². The van der Waals surface area contributed by atoms with E-state index < -0.39 is 6.10 Å². The summed E-state index contributed by atoms with van der Waals surface area (Å²) in [7, 11) is 0. The van der Waals surface area contributed by atoms with Gasteiger partial charge in [0.05, 0.1) is 6.10 Å². The zero-order chi connectivity index (χ0) is 15.8. The van der Waals surface area contributed by atoms with Crippen molar-refractivity contribution in [3.63, 3.8) is 0 Å². The summed E-state index contributed by atoms with van der Waals surface area (Å²) < 4.78 is 0. The second-order valence-electron chi connectivity index (χ2n) is 7.01. The second kappa shape index (κ2) is 5.94. The number of thiophene rings is 1. The fraction of sp³-hybridized carbons (Fsp3) is 0.474. The lowest BCUT2D eigenvalue weighted by atomic mass is 9.83. The van der Waals surface area contributed by atoms with Crippen LogP contribution in [0.1, 0.15) is 58.9 Å². The van der Waals surface area contributed by atoms with Gasteiger partial charge < -0.3 is 5.11 Å². The Bertz CT molecular complexity index is 608. The van der Waals surface area contributed by atoms with Crippen LogP contribution in [0.5, 0.6) is 0 Å². The van der Waals surface area contributed by atoms with Crippen molar-refractivity contribution in [3.05, 3.63) is 56.3 Å². The highest BCUT2D eigenvalue weighted by atomic mass is 32.1. The molecule has 2 aromatic rings. The minimum absolute atomic E-state index is 0.164. The van der Waals surface area contributed by atoms with E-state index >= 15 is 0 Å². The maximum Gasteiger partial charge on any atom is 0.0922 e. The standard InChI is InChI=1S/C19H26OS/c1-12-9-15(19(4,5)6)10-13(2)16(12)11-17(20)18-8-7-14(3)21-18/h7-10,17,20H,11H2,1-6H3. The number of benzene rings is 1. The van der Waals surface area contributed by atoms with Crippen LogP contribution in [0.3, 0.4) is 0 Å². The van der Waals surface area contributed by atoms with E-state index in [0.717, 1.165) is 4.88 Å². The number of rotatable bonds is 3. The lowest BCUT2D eigenvalue weighted by Gasteiger charge is -2.23. The number of aryl methyl sites for hydroxylation is 3. The zero-order valence-corrected chi connectivity index (χ0v) is 14.8. The summed E-state index contributed by atoms with van der Waals surface area (Å²) in [6, 6.07) is 8.66. The lowest BCUT2D eigenvalue weighted by molar-refractivity contribution is 0.182. The molecule has 0 fully saturated rings.